The number of benzene rings is 4. The number of nitrogens with one attached hydrogen (secondary N) is 1. The molecule has 6 rings (SSSR count). The van der Waals surface area contributed by atoms with Gasteiger partial charge < -0.3 is 14.3 Å². The van der Waals surface area contributed by atoms with Crippen molar-refractivity contribution in [2.45, 2.75) is 12.6 Å². The van der Waals surface area contributed by atoms with Gasteiger partial charge in [0.2, 0.25) is 5.91 Å². The van der Waals surface area contributed by atoms with Gasteiger partial charge in [0.05, 0.1) is 11.0 Å². The predicted molar refractivity (Wildman–Crippen MR) is 138 cm³/mol. The fourth-order valence-corrected chi connectivity index (χ4v) is 4.71. The Balaban J connectivity index is 1.42. The zero-order chi connectivity index (χ0) is 23.8. The Morgan fingerprint density at radius 3 is 2.06 bits per heavy atom. The summed E-state index contributed by atoms with van der Waals surface area (Å²) in [6.07, 6.45) is 0. The first-order valence-corrected chi connectivity index (χ1v) is 11.5. The molecule has 35 heavy (non-hydrogen) atoms. The van der Waals surface area contributed by atoms with Crippen molar-refractivity contribution in [3.05, 3.63) is 131 Å². The fourth-order valence-electron chi connectivity index (χ4n) is 4.71. The fraction of sp³-hybridized carbons (Fsp3) is 0.0667. The van der Waals surface area contributed by atoms with Gasteiger partial charge in [0.25, 0.3) is 0 Å². The van der Waals surface area contributed by atoms with Crippen LogP contribution in [0.15, 0.2) is 118 Å². The van der Waals surface area contributed by atoms with Gasteiger partial charge in [0.1, 0.15) is 23.9 Å². The number of fused-ring (bicyclic) bond motifs is 3. The molecule has 170 valence electrons. The largest absolute Gasteiger partial charge is 0.459 e. The Kier molecular flexibility index (Phi) is 5.15. The number of furan rings is 1. The molecule has 1 amide bonds. The van der Waals surface area contributed by atoms with Crippen LogP contribution < -0.4 is 10.7 Å². The van der Waals surface area contributed by atoms with E-state index in [0.717, 1.165) is 27.6 Å². The van der Waals surface area contributed by atoms with E-state index in [1.54, 1.807) is 12.1 Å². The number of hydrogen-bond donors (Lipinski definition) is 1. The molecule has 1 unspecified atom stereocenters. The Labute approximate surface area is 201 Å². The number of amides is 1. The van der Waals surface area contributed by atoms with E-state index in [1.165, 1.54) is 0 Å². The lowest BCUT2D eigenvalue weighted by molar-refractivity contribution is -0.122. The third-order valence-electron chi connectivity index (χ3n) is 6.35. The standard InChI is InChI=1S/C30H22N2O3/c33-28(19-32-24-15-7-5-13-22(24)30(34)23-14-6-8-16-25(23)32)31-29(20-10-2-1-3-11-20)27-18-21-12-4-9-17-26(21)35-27/h1-18,29H,19H2,(H,31,33). The second-order valence-corrected chi connectivity index (χ2v) is 8.55. The molecule has 0 radical (unpaired) electrons. The molecule has 0 aliphatic heterocycles. The minimum atomic E-state index is -0.451. The topological polar surface area (TPSA) is 64.2 Å². The van der Waals surface area contributed by atoms with Crippen LogP contribution in [-0.4, -0.2) is 10.5 Å². The quantitative estimate of drug-likeness (QED) is 0.332. The molecular weight excluding hydrogens is 436 g/mol. The number of hydrogen-bond acceptors (Lipinski definition) is 3. The van der Waals surface area contributed by atoms with Gasteiger partial charge in [-0.3, -0.25) is 9.59 Å². The minimum absolute atomic E-state index is 0.0303. The number of carbonyl (C=O) groups is 1. The molecule has 0 fully saturated rings. The lowest BCUT2D eigenvalue weighted by Crippen LogP contribution is -2.32. The van der Waals surface area contributed by atoms with Gasteiger partial charge in [0, 0.05) is 16.2 Å². The molecular formula is C30H22N2O3. The van der Waals surface area contributed by atoms with Crippen molar-refractivity contribution in [1.29, 1.82) is 0 Å². The second-order valence-electron chi connectivity index (χ2n) is 8.55. The van der Waals surface area contributed by atoms with Crippen LogP contribution in [-0.2, 0) is 11.3 Å². The molecule has 2 aromatic heterocycles. The number of carbonyl (C=O) groups excluding carboxylic acids is 1. The third kappa shape index (κ3) is 3.77. The molecule has 0 aliphatic carbocycles. The highest BCUT2D eigenvalue weighted by atomic mass is 16.3. The molecule has 5 heteroatoms. The second kappa shape index (κ2) is 8.61. The molecule has 0 saturated heterocycles. The van der Waals surface area contributed by atoms with E-state index < -0.39 is 6.04 Å². The van der Waals surface area contributed by atoms with Crippen LogP contribution in [0.2, 0.25) is 0 Å². The molecule has 0 saturated carbocycles. The van der Waals surface area contributed by atoms with E-state index in [-0.39, 0.29) is 17.9 Å². The van der Waals surface area contributed by atoms with Gasteiger partial charge in [-0.25, -0.2) is 0 Å². The van der Waals surface area contributed by atoms with Crippen LogP contribution in [0.5, 0.6) is 0 Å². The van der Waals surface area contributed by atoms with Gasteiger partial charge >= 0.3 is 0 Å². The number of aromatic nitrogens is 1. The van der Waals surface area contributed by atoms with Crippen LogP contribution in [0.3, 0.4) is 0 Å². The maximum absolute atomic E-state index is 13.5. The highest BCUT2D eigenvalue weighted by Gasteiger charge is 2.22. The van der Waals surface area contributed by atoms with E-state index in [1.807, 2.05) is 102 Å². The maximum atomic E-state index is 13.5. The van der Waals surface area contributed by atoms with Gasteiger partial charge in [-0.05, 0) is 42.0 Å². The third-order valence-corrected chi connectivity index (χ3v) is 6.35. The summed E-state index contributed by atoms with van der Waals surface area (Å²) >= 11 is 0. The molecule has 0 bridgehead atoms. The number of nitrogens with zero attached hydrogens (tertiary/aromatic N) is 1. The van der Waals surface area contributed by atoms with Gasteiger partial charge in [0.15, 0.2) is 5.43 Å². The molecule has 5 nitrogen and oxygen atoms in total. The Morgan fingerprint density at radius 1 is 0.771 bits per heavy atom. The normalized spacial score (nSPS) is 12.2. The van der Waals surface area contributed by atoms with Crippen LogP contribution in [0.1, 0.15) is 17.4 Å². The van der Waals surface area contributed by atoms with Crippen molar-refractivity contribution in [2.75, 3.05) is 0 Å². The Bertz CT molecular complexity index is 1660. The summed E-state index contributed by atoms with van der Waals surface area (Å²) in [5.41, 5.74) is 3.12. The molecule has 1 N–H and O–H groups in total. The first kappa shape index (κ1) is 20.9. The van der Waals surface area contributed by atoms with Crippen molar-refractivity contribution in [1.82, 2.24) is 9.88 Å². The zero-order valence-corrected chi connectivity index (χ0v) is 18.8. The van der Waals surface area contributed by atoms with Crippen molar-refractivity contribution < 1.29 is 9.21 Å². The minimum Gasteiger partial charge on any atom is -0.459 e. The SMILES string of the molecule is O=C(Cn1c2ccccc2c(=O)c2ccccc21)NC(c1ccccc1)c1cc2ccccc2o1. The molecule has 4 aromatic carbocycles. The maximum Gasteiger partial charge on any atom is 0.240 e. The average Bonchev–Trinajstić information content (AvgIpc) is 3.34. The Morgan fingerprint density at radius 2 is 1.37 bits per heavy atom. The summed E-state index contributed by atoms with van der Waals surface area (Å²) in [5.74, 6) is 0.485. The van der Waals surface area contributed by atoms with Crippen LogP contribution >= 0.6 is 0 Å². The highest BCUT2D eigenvalue weighted by Crippen LogP contribution is 2.28. The van der Waals surface area contributed by atoms with Crippen molar-refractivity contribution >= 4 is 38.7 Å². The van der Waals surface area contributed by atoms with Gasteiger partial charge in [-0.15, -0.1) is 0 Å². The summed E-state index contributed by atoms with van der Waals surface area (Å²) in [6, 6.07) is 33.9. The molecule has 1 atom stereocenters. The van der Waals surface area contributed by atoms with E-state index in [0.29, 0.717) is 16.5 Å². The van der Waals surface area contributed by atoms with Crippen LogP contribution in [0.25, 0.3) is 32.8 Å². The first-order valence-electron chi connectivity index (χ1n) is 11.5. The molecule has 2 heterocycles. The first-order chi connectivity index (χ1) is 17.2. The average molecular weight is 459 g/mol. The van der Waals surface area contributed by atoms with Crippen molar-refractivity contribution in [2.24, 2.45) is 0 Å². The summed E-state index contributed by atoms with van der Waals surface area (Å²) in [5, 5.41) is 5.34. The monoisotopic (exact) mass is 458 g/mol. The van der Waals surface area contributed by atoms with E-state index in [2.05, 4.69) is 5.32 Å². The van der Waals surface area contributed by atoms with Crippen LogP contribution in [0, 0.1) is 0 Å². The number of pyridine rings is 1. The van der Waals surface area contributed by atoms with Crippen LogP contribution in [0.4, 0.5) is 0 Å². The van der Waals surface area contributed by atoms with E-state index in [9.17, 15) is 9.59 Å². The lowest BCUT2D eigenvalue weighted by atomic mass is 10.0. The Hall–Kier alpha value is -4.64. The predicted octanol–water partition coefficient (Wildman–Crippen LogP) is 5.81. The highest BCUT2D eigenvalue weighted by molar-refractivity contribution is 5.95. The molecule has 0 spiro atoms. The van der Waals surface area contributed by atoms with E-state index >= 15 is 0 Å². The van der Waals surface area contributed by atoms with Gasteiger partial charge in [-0.1, -0.05) is 72.8 Å². The molecule has 6 aromatic rings. The summed E-state index contributed by atoms with van der Waals surface area (Å²) in [7, 11) is 0. The van der Waals surface area contributed by atoms with Crippen molar-refractivity contribution in [3.8, 4) is 0 Å². The zero-order valence-electron chi connectivity index (χ0n) is 18.8. The summed E-state index contributed by atoms with van der Waals surface area (Å²) in [4.78, 5) is 26.5. The smallest absolute Gasteiger partial charge is 0.240 e. The van der Waals surface area contributed by atoms with E-state index in [4.69, 9.17) is 4.42 Å². The molecule has 0 aliphatic rings. The summed E-state index contributed by atoms with van der Waals surface area (Å²) in [6.45, 7) is 0.0604. The number of rotatable bonds is 5. The lowest BCUT2D eigenvalue weighted by Gasteiger charge is -2.19. The number of para-hydroxylation sites is 3. The summed E-state index contributed by atoms with van der Waals surface area (Å²) < 4.78 is 8.03. The van der Waals surface area contributed by atoms with Crippen molar-refractivity contribution in [3.63, 3.8) is 0 Å². The van der Waals surface area contributed by atoms with Gasteiger partial charge in [-0.2, -0.15) is 0 Å².